The molecular weight excluding hydrogens is 291 g/mol. The van der Waals surface area contributed by atoms with Gasteiger partial charge in [0.1, 0.15) is 3.70 Å². The molecule has 0 atom stereocenters. The predicted octanol–water partition coefficient (Wildman–Crippen LogP) is 1.70. The maximum Gasteiger partial charge on any atom is 0.357 e. The molecule has 0 aliphatic rings. The Morgan fingerprint density at radius 1 is 1.75 bits per heavy atom. The van der Waals surface area contributed by atoms with Gasteiger partial charge in [0.15, 0.2) is 10.7 Å². The minimum atomic E-state index is -0.977. The summed E-state index contributed by atoms with van der Waals surface area (Å²) in [5, 5.41) is 10.6. The maximum absolute atomic E-state index is 10.6. The number of hydrogen-bond donors (Lipinski definition) is 1. The van der Waals surface area contributed by atoms with Crippen LogP contribution in [0.25, 0.3) is 4.96 Å². The molecule has 2 aromatic rings. The fraction of sp³-hybridized carbons (Fsp3) is 0. The van der Waals surface area contributed by atoms with Crippen LogP contribution in [0.4, 0.5) is 0 Å². The number of rotatable bonds is 1. The standard InChI is InChI=1S/C6H3IN2O2S/c7-4-3(5(10)11)8-6-9(4)1-2-12-6/h1-2H,(H,10,11). The molecule has 6 heteroatoms. The second kappa shape index (κ2) is 2.70. The molecule has 0 spiro atoms. The first-order valence-electron chi connectivity index (χ1n) is 3.04. The number of fused-ring (bicyclic) bond motifs is 1. The molecule has 2 aromatic heterocycles. The Hall–Kier alpha value is -0.630. The molecule has 0 saturated carbocycles. The third-order valence-corrected chi connectivity index (χ3v) is 3.19. The summed E-state index contributed by atoms with van der Waals surface area (Å²) < 4.78 is 2.41. The smallest absolute Gasteiger partial charge is 0.357 e. The van der Waals surface area contributed by atoms with Gasteiger partial charge in [-0.15, -0.1) is 11.3 Å². The molecule has 0 aromatic carbocycles. The van der Waals surface area contributed by atoms with E-state index in [4.69, 9.17) is 5.11 Å². The minimum Gasteiger partial charge on any atom is -0.476 e. The SMILES string of the molecule is O=C(O)c1nc2sccn2c1I. The first-order valence-corrected chi connectivity index (χ1v) is 5.00. The number of nitrogens with zero attached hydrogens (tertiary/aromatic N) is 2. The molecular formula is C6H3IN2O2S. The molecule has 12 heavy (non-hydrogen) atoms. The van der Waals surface area contributed by atoms with Crippen molar-refractivity contribution in [3.63, 3.8) is 0 Å². The van der Waals surface area contributed by atoms with Crippen LogP contribution < -0.4 is 0 Å². The number of aromatic carboxylic acids is 1. The van der Waals surface area contributed by atoms with E-state index in [0.29, 0.717) is 3.70 Å². The van der Waals surface area contributed by atoms with Crippen molar-refractivity contribution in [2.45, 2.75) is 0 Å². The zero-order valence-electron chi connectivity index (χ0n) is 5.69. The predicted molar refractivity (Wildman–Crippen MR) is 52.7 cm³/mol. The van der Waals surface area contributed by atoms with Gasteiger partial charge >= 0.3 is 5.97 Å². The quantitative estimate of drug-likeness (QED) is 0.814. The number of carboxylic acid groups (broad SMARTS) is 1. The summed E-state index contributed by atoms with van der Waals surface area (Å²) in [7, 11) is 0. The average molecular weight is 294 g/mol. The largest absolute Gasteiger partial charge is 0.476 e. The topological polar surface area (TPSA) is 54.6 Å². The Labute approximate surface area is 85.0 Å². The zero-order valence-corrected chi connectivity index (χ0v) is 8.66. The van der Waals surface area contributed by atoms with Gasteiger partial charge in [0.2, 0.25) is 0 Å². The van der Waals surface area contributed by atoms with Crippen LogP contribution in [-0.4, -0.2) is 20.5 Å². The van der Waals surface area contributed by atoms with E-state index in [0.717, 1.165) is 4.96 Å². The summed E-state index contributed by atoms with van der Waals surface area (Å²) in [5.74, 6) is -0.977. The van der Waals surface area contributed by atoms with Crippen LogP contribution in [0.3, 0.4) is 0 Å². The van der Waals surface area contributed by atoms with E-state index in [2.05, 4.69) is 4.98 Å². The van der Waals surface area contributed by atoms with E-state index in [1.807, 2.05) is 28.0 Å². The Morgan fingerprint density at radius 2 is 2.50 bits per heavy atom. The molecule has 2 heterocycles. The lowest BCUT2D eigenvalue weighted by Gasteiger charge is -1.86. The third-order valence-electron chi connectivity index (χ3n) is 1.41. The van der Waals surface area contributed by atoms with Gasteiger partial charge < -0.3 is 5.11 Å². The lowest BCUT2D eigenvalue weighted by Crippen LogP contribution is -1.99. The van der Waals surface area contributed by atoms with Gasteiger partial charge in [-0.3, -0.25) is 4.40 Å². The van der Waals surface area contributed by atoms with E-state index >= 15 is 0 Å². The number of thiazole rings is 1. The molecule has 0 aliphatic heterocycles. The fourth-order valence-corrected chi connectivity index (χ4v) is 2.51. The van der Waals surface area contributed by atoms with Crippen LogP contribution >= 0.6 is 33.9 Å². The third kappa shape index (κ3) is 1.02. The van der Waals surface area contributed by atoms with Crippen molar-refractivity contribution < 1.29 is 9.90 Å². The van der Waals surface area contributed by atoms with Crippen LogP contribution in [0.2, 0.25) is 0 Å². The van der Waals surface area contributed by atoms with Crippen molar-refractivity contribution in [2.75, 3.05) is 0 Å². The Kier molecular flexibility index (Phi) is 1.80. The van der Waals surface area contributed by atoms with Crippen LogP contribution in [0.1, 0.15) is 10.5 Å². The van der Waals surface area contributed by atoms with E-state index in [1.165, 1.54) is 11.3 Å². The lowest BCUT2D eigenvalue weighted by molar-refractivity contribution is 0.0690. The summed E-state index contributed by atoms with van der Waals surface area (Å²) in [5.41, 5.74) is 0.127. The molecule has 0 fully saturated rings. The van der Waals surface area contributed by atoms with Gasteiger partial charge in [-0.2, -0.15) is 0 Å². The molecule has 62 valence electrons. The molecule has 0 amide bonds. The van der Waals surface area contributed by atoms with Gasteiger partial charge in [0.25, 0.3) is 0 Å². The number of halogens is 1. The monoisotopic (exact) mass is 294 g/mol. The number of aromatic nitrogens is 2. The van der Waals surface area contributed by atoms with Gasteiger partial charge in [0.05, 0.1) is 0 Å². The highest BCUT2D eigenvalue weighted by molar-refractivity contribution is 14.1. The van der Waals surface area contributed by atoms with Crippen molar-refractivity contribution in [1.82, 2.24) is 9.38 Å². The highest BCUT2D eigenvalue weighted by Crippen LogP contribution is 2.18. The second-order valence-electron chi connectivity index (χ2n) is 2.11. The Morgan fingerprint density at radius 3 is 3.08 bits per heavy atom. The van der Waals surface area contributed by atoms with Crippen molar-refractivity contribution >= 4 is 44.9 Å². The van der Waals surface area contributed by atoms with Gasteiger partial charge in [-0.25, -0.2) is 9.78 Å². The molecule has 0 bridgehead atoms. The van der Waals surface area contributed by atoms with Crippen LogP contribution in [0.15, 0.2) is 11.6 Å². The fourth-order valence-electron chi connectivity index (χ4n) is 0.894. The molecule has 0 unspecified atom stereocenters. The lowest BCUT2D eigenvalue weighted by atomic mass is 10.5. The number of hydrogen-bond acceptors (Lipinski definition) is 3. The minimum absolute atomic E-state index is 0.127. The van der Waals surface area contributed by atoms with Crippen molar-refractivity contribution in [1.29, 1.82) is 0 Å². The highest BCUT2D eigenvalue weighted by Gasteiger charge is 2.15. The summed E-state index contributed by atoms with van der Waals surface area (Å²) in [6, 6.07) is 0. The molecule has 0 saturated heterocycles. The molecule has 4 nitrogen and oxygen atoms in total. The van der Waals surface area contributed by atoms with Crippen molar-refractivity contribution in [2.24, 2.45) is 0 Å². The zero-order chi connectivity index (χ0) is 8.72. The molecule has 0 radical (unpaired) electrons. The Bertz CT molecular complexity index is 447. The van der Waals surface area contributed by atoms with E-state index in [1.54, 1.807) is 10.6 Å². The number of imidazole rings is 1. The normalized spacial score (nSPS) is 10.8. The molecule has 0 aliphatic carbocycles. The Balaban J connectivity index is 2.78. The van der Waals surface area contributed by atoms with E-state index in [-0.39, 0.29) is 5.69 Å². The maximum atomic E-state index is 10.6. The highest BCUT2D eigenvalue weighted by atomic mass is 127. The van der Waals surface area contributed by atoms with Crippen LogP contribution in [0.5, 0.6) is 0 Å². The van der Waals surface area contributed by atoms with Crippen LogP contribution in [-0.2, 0) is 0 Å². The summed E-state index contributed by atoms with van der Waals surface area (Å²) in [6.45, 7) is 0. The van der Waals surface area contributed by atoms with Gasteiger partial charge in [-0.1, -0.05) is 0 Å². The number of carboxylic acids is 1. The van der Waals surface area contributed by atoms with E-state index in [9.17, 15) is 4.79 Å². The van der Waals surface area contributed by atoms with Crippen LogP contribution in [0, 0.1) is 3.70 Å². The second-order valence-corrected chi connectivity index (χ2v) is 4.01. The van der Waals surface area contributed by atoms with Crippen molar-refractivity contribution in [3.05, 3.63) is 21.0 Å². The molecule has 1 N–H and O–H groups in total. The van der Waals surface area contributed by atoms with Gasteiger partial charge in [-0.05, 0) is 22.6 Å². The summed E-state index contributed by atoms with van der Waals surface area (Å²) in [4.78, 5) is 15.3. The number of carbonyl (C=O) groups is 1. The summed E-state index contributed by atoms with van der Waals surface area (Å²) in [6.07, 6.45) is 1.81. The first kappa shape index (κ1) is 7.99. The van der Waals surface area contributed by atoms with Gasteiger partial charge in [0, 0.05) is 11.6 Å². The van der Waals surface area contributed by atoms with Crippen molar-refractivity contribution in [3.8, 4) is 0 Å². The average Bonchev–Trinajstić information content (AvgIpc) is 2.53. The van der Waals surface area contributed by atoms with E-state index < -0.39 is 5.97 Å². The first-order chi connectivity index (χ1) is 5.70. The summed E-state index contributed by atoms with van der Waals surface area (Å²) >= 11 is 3.40. The molecule has 2 rings (SSSR count).